The molecule has 116 valence electrons. The van der Waals surface area contributed by atoms with Gasteiger partial charge in [0.25, 0.3) is 5.91 Å². The topological polar surface area (TPSA) is 72.1 Å². The Bertz CT molecular complexity index is 693. The van der Waals surface area contributed by atoms with Crippen LogP contribution in [-0.4, -0.2) is 33.9 Å². The summed E-state index contributed by atoms with van der Waals surface area (Å²) in [5.41, 5.74) is 9.53. The second kappa shape index (κ2) is 6.56. The van der Waals surface area contributed by atoms with Crippen LogP contribution in [0.4, 0.5) is 5.95 Å². The summed E-state index contributed by atoms with van der Waals surface area (Å²) in [6.07, 6.45) is 0. The highest BCUT2D eigenvalue weighted by Crippen LogP contribution is 2.26. The summed E-state index contributed by atoms with van der Waals surface area (Å²) >= 11 is 0. The summed E-state index contributed by atoms with van der Waals surface area (Å²) in [4.78, 5) is 23.1. The third-order valence-corrected chi connectivity index (χ3v) is 3.66. The van der Waals surface area contributed by atoms with E-state index in [9.17, 15) is 4.79 Å². The van der Waals surface area contributed by atoms with Crippen molar-refractivity contribution in [2.45, 2.75) is 27.7 Å². The molecular formula is C17H22N4O. The number of benzene rings is 1. The standard InChI is InChI=1S/C17H22N4O/c1-5-21(6-2)16(22)14-12(4)19-17(18)20-15(14)13-9-7-8-11(3)10-13/h7-10H,5-6H2,1-4H3,(H2,18,19,20). The molecule has 0 aliphatic carbocycles. The first-order chi connectivity index (χ1) is 10.5. The lowest BCUT2D eigenvalue weighted by Gasteiger charge is -2.21. The molecule has 1 heterocycles. The number of nitrogen functional groups attached to an aromatic ring is 1. The Kier molecular flexibility index (Phi) is 4.75. The second-order valence-corrected chi connectivity index (χ2v) is 5.24. The predicted octanol–water partition coefficient (Wildman–Crippen LogP) is 2.82. The van der Waals surface area contributed by atoms with Crippen LogP contribution >= 0.6 is 0 Å². The molecule has 5 nitrogen and oxygen atoms in total. The van der Waals surface area contributed by atoms with Crippen molar-refractivity contribution < 1.29 is 4.79 Å². The number of carbonyl (C=O) groups is 1. The lowest BCUT2D eigenvalue weighted by molar-refractivity contribution is 0.0772. The van der Waals surface area contributed by atoms with E-state index < -0.39 is 0 Å². The Morgan fingerprint density at radius 3 is 2.45 bits per heavy atom. The fraction of sp³-hybridized carbons (Fsp3) is 0.353. The van der Waals surface area contributed by atoms with Gasteiger partial charge < -0.3 is 10.6 Å². The Balaban J connectivity index is 2.65. The molecule has 5 heteroatoms. The Morgan fingerprint density at radius 2 is 1.86 bits per heavy atom. The average Bonchev–Trinajstić information content (AvgIpc) is 2.47. The predicted molar refractivity (Wildman–Crippen MR) is 88.6 cm³/mol. The lowest BCUT2D eigenvalue weighted by atomic mass is 10.0. The molecule has 22 heavy (non-hydrogen) atoms. The van der Waals surface area contributed by atoms with Gasteiger partial charge in [-0.05, 0) is 33.8 Å². The number of nitrogens with two attached hydrogens (primary N) is 1. The molecule has 1 aromatic carbocycles. The van der Waals surface area contributed by atoms with Crippen molar-refractivity contribution in [1.82, 2.24) is 14.9 Å². The van der Waals surface area contributed by atoms with Crippen LogP contribution in [0.1, 0.15) is 35.5 Å². The van der Waals surface area contributed by atoms with E-state index in [0.717, 1.165) is 11.1 Å². The van der Waals surface area contributed by atoms with Crippen LogP contribution in [0.25, 0.3) is 11.3 Å². The van der Waals surface area contributed by atoms with Gasteiger partial charge in [-0.25, -0.2) is 9.97 Å². The molecule has 0 aliphatic heterocycles. The van der Waals surface area contributed by atoms with E-state index in [4.69, 9.17) is 5.73 Å². The second-order valence-electron chi connectivity index (χ2n) is 5.24. The molecule has 0 radical (unpaired) electrons. The molecule has 1 amide bonds. The highest BCUT2D eigenvalue weighted by atomic mass is 16.2. The van der Waals surface area contributed by atoms with E-state index in [1.54, 1.807) is 11.8 Å². The van der Waals surface area contributed by atoms with Crippen molar-refractivity contribution >= 4 is 11.9 Å². The van der Waals surface area contributed by atoms with Gasteiger partial charge in [-0.2, -0.15) is 0 Å². The number of hydrogen-bond donors (Lipinski definition) is 1. The van der Waals surface area contributed by atoms with Crippen molar-refractivity contribution in [3.8, 4) is 11.3 Å². The molecule has 2 N–H and O–H groups in total. The molecule has 0 unspecified atom stereocenters. The van der Waals surface area contributed by atoms with Crippen molar-refractivity contribution in [1.29, 1.82) is 0 Å². The van der Waals surface area contributed by atoms with Crippen molar-refractivity contribution in [2.24, 2.45) is 0 Å². The average molecular weight is 298 g/mol. The third kappa shape index (κ3) is 3.08. The first-order valence-corrected chi connectivity index (χ1v) is 7.48. The molecule has 1 aromatic heterocycles. The summed E-state index contributed by atoms with van der Waals surface area (Å²) < 4.78 is 0. The number of amides is 1. The van der Waals surface area contributed by atoms with E-state index in [1.807, 2.05) is 45.0 Å². The Morgan fingerprint density at radius 1 is 1.18 bits per heavy atom. The molecule has 0 spiro atoms. The maximum Gasteiger partial charge on any atom is 0.257 e. The van der Waals surface area contributed by atoms with Crippen molar-refractivity contribution in [3.05, 3.63) is 41.1 Å². The van der Waals surface area contributed by atoms with E-state index in [2.05, 4.69) is 9.97 Å². The quantitative estimate of drug-likeness (QED) is 0.942. The molecule has 2 aromatic rings. The zero-order chi connectivity index (χ0) is 16.3. The van der Waals surface area contributed by atoms with E-state index in [-0.39, 0.29) is 11.9 Å². The highest BCUT2D eigenvalue weighted by Gasteiger charge is 2.22. The minimum atomic E-state index is -0.0565. The van der Waals surface area contributed by atoms with Crippen LogP contribution in [0.15, 0.2) is 24.3 Å². The summed E-state index contributed by atoms with van der Waals surface area (Å²) in [6.45, 7) is 9.02. The molecule has 0 aliphatic rings. The molecule has 0 atom stereocenters. The molecule has 0 saturated carbocycles. The Hall–Kier alpha value is -2.43. The van der Waals surface area contributed by atoms with Crippen LogP contribution in [-0.2, 0) is 0 Å². The summed E-state index contributed by atoms with van der Waals surface area (Å²) in [5.74, 6) is 0.129. The first-order valence-electron chi connectivity index (χ1n) is 7.48. The van der Waals surface area contributed by atoms with E-state index in [0.29, 0.717) is 30.0 Å². The van der Waals surface area contributed by atoms with Crippen molar-refractivity contribution in [3.63, 3.8) is 0 Å². The van der Waals surface area contributed by atoms with Crippen molar-refractivity contribution in [2.75, 3.05) is 18.8 Å². The van der Waals surface area contributed by atoms with Gasteiger partial charge >= 0.3 is 0 Å². The van der Waals surface area contributed by atoms with Gasteiger partial charge in [0.1, 0.15) is 0 Å². The fourth-order valence-corrected chi connectivity index (χ4v) is 2.52. The number of aromatic nitrogens is 2. The van der Waals surface area contributed by atoms with Gasteiger partial charge in [0.05, 0.1) is 17.0 Å². The smallest absolute Gasteiger partial charge is 0.257 e. The van der Waals surface area contributed by atoms with Crippen LogP contribution in [0.2, 0.25) is 0 Å². The summed E-state index contributed by atoms with van der Waals surface area (Å²) in [6, 6.07) is 7.89. The van der Waals surface area contributed by atoms with Gasteiger partial charge in [-0.1, -0.05) is 23.8 Å². The zero-order valence-corrected chi connectivity index (χ0v) is 13.6. The summed E-state index contributed by atoms with van der Waals surface area (Å²) in [5, 5.41) is 0. The monoisotopic (exact) mass is 298 g/mol. The third-order valence-electron chi connectivity index (χ3n) is 3.66. The number of rotatable bonds is 4. The van der Waals surface area contributed by atoms with Crippen LogP contribution in [0.5, 0.6) is 0 Å². The van der Waals surface area contributed by atoms with Crippen LogP contribution in [0, 0.1) is 13.8 Å². The van der Waals surface area contributed by atoms with Gasteiger partial charge in [-0.3, -0.25) is 4.79 Å². The molecule has 0 bridgehead atoms. The van der Waals surface area contributed by atoms with Gasteiger partial charge in [0.2, 0.25) is 5.95 Å². The number of nitrogens with zero attached hydrogens (tertiary/aromatic N) is 3. The first kappa shape index (κ1) is 15.9. The number of aryl methyl sites for hydroxylation is 2. The minimum Gasteiger partial charge on any atom is -0.368 e. The minimum absolute atomic E-state index is 0.0565. The number of anilines is 1. The zero-order valence-electron chi connectivity index (χ0n) is 13.6. The van der Waals surface area contributed by atoms with Gasteiger partial charge in [0, 0.05) is 18.7 Å². The number of hydrogen-bond acceptors (Lipinski definition) is 4. The van der Waals surface area contributed by atoms with Gasteiger partial charge in [0.15, 0.2) is 0 Å². The van der Waals surface area contributed by atoms with E-state index in [1.165, 1.54) is 0 Å². The Labute approximate surface area is 131 Å². The van der Waals surface area contributed by atoms with Gasteiger partial charge in [-0.15, -0.1) is 0 Å². The molecular weight excluding hydrogens is 276 g/mol. The summed E-state index contributed by atoms with van der Waals surface area (Å²) in [7, 11) is 0. The molecule has 0 saturated heterocycles. The SMILES string of the molecule is CCN(CC)C(=O)c1c(C)nc(N)nc1-c1cccc(C)c1. The highest BCUT2D eigenvalue weighted by molar-refractivity contribution is 6.01. The van der Waals surface area contributed by atoms with E-state index >= 15 is 0 Å². The number of carbonyl (C=O) groups excluding carboxylic acids is 1. The fourth-order valence-electron chi connectivity index (χ4n) is 2.52. The van der Waals surface area contributed by atoms with Crippen LogP contribution < -0.4 is 5.73 Å². The van der Waals surface area contributed by atoms with Crippen LogP contribution in [0.3, 0.4) is 0 Å². The largest absolute Gasteiger partial charge is 0.368 e. The molecule has 0 fully saturated rings. The maximum atomic E-state index is 12.8. The normalized spacial score (nSPS) is 10.5. The lowest BCUT2D eigenvalue weighted by Crippen LogP contribution is -2.32. The maximum absolute atomic E-state index is 12.8. The molecule has 2 rings (SSSR count).